The van der Waals surface area contributed by atoms with Gasteiger partial charge in [-0.3, -0.25) is 4.57 Å². The minimum absolute atomic E-state index is 0.546. The highest BCUT2D eigenvalue weighted by molar-refractivity contribution is 5.28. The van der Waals surface area contributed by atoms with Crippen LogP contribution in [0.15, 0.2) is 30.6 Å². The maximum absolute atomic E-state index is 4.94. The van der Waals surface area contributed by atoms with E-state index < -0.39 is 0 Å². The molecule has 1 aliphatic rings. The van der Waals surface area contributed by atoms with Crippen molar-refractivity contribution in [3.63, 3.8) is 0 Å². The third-order valence-electron chi connectivity index (χ3n) is 4.64. The van der Waals surface area contributed by atoms with Gasteiger partial charge in [0, 0.05) is 43.0 Å². The van der Waals surface area contributed by atoms with Gasteiger partial charge in [0.2, 0.25) is 0 Å². The lowest BCUT2D eigenvalue weighted by Gasteiger charge is -2.35. The molecule has 1 fully saturated rings. The van der Waals surface area contributed by atoms with E-state index in [1.54, 1.807) is 0 Å². The van der Waals surface area contributed by atoms with Crippen LogP contribution in [0.1, 0.15) is 51.0 Å². The van der Waals surface area contributed by atoms with Crippen molar-refractivity contribution in [1.82, 2.24) is 19.4 Å². The number of likely N-dealkylation sites (tertiary alicyclic amines) is 1. The molecule has 0 bridgehead atoms. The van der Waals surface area contributed by atoms with Crippen LogP contribution in [0.4, 0.5) is 0 Å². The Kier molecular flexibility index (Phi) is 4.57. The van der Waals surface area contributed by atoms with E-state index in [4.69, 9.17) is 4.98 Å². The summed E-state index contributed by atoms with van der Waals surface area (Å²) in [5, 5.41) is 0. The first kappa shape index (κ1) is 15.2. The number of nitrogens with zero attached hydrogens (tertiary/aromatic N) is 4. The zero-order valence-corrected chi connectivity index (χ0v) is 13.9. The van der Waals surface area contributed by atoms with Gasteiger partial charge < -0.3 is 4.90 Å². The minimum atomic E-state index is 0.546. The number of rotatable bonds is 4. The SMILES string of the molecule is CCc1nccn1-c1cccc([C@H]2CCCN(C(C)C)C2)n1. The highest BCUT2D eigenvalue weighted by Gasteiger charge is 2.24. The second kappa shape index (κ2) is 6.61. The summed E-state index contributed by atoms with van der Waals surface area (Å²) in [6.45, 7) is 9.04. The normalized spacial score (nSPS) is 19.7. The van der Waals surface area contributed by atoms with Crippen molar-refractivity contribution in [2.75, 3.05) is 13.1 Å². The number of piperidine rings is 1. The molecule has 4 heteroatoms. The fraction of sp³-hybridized carbons (Fsp3) is 0.556. The van der Waals surface area contributed by atoms with Crippen molar-refractivity contribution >= 4 is 0 Å². The van der Waals surface area contributed by atoms with E-state index in [1.165, 1.54) is 25.1 Å². The van der Waals surface area contributed by atoms with Crippen LogP contribution in [0.5, 0.6) is 0 Å². The molecule has 3 heterocycles. The fourth-order valence-corrected chi connectivity index (χ4v) is 3.32. The third kappa shape index (κ3) is 3.07. The molecular weight excluding hydrogens is 272 g/mol. The van der Waals surface area contributed by atoms with Gasteiger partial charge in [0.1, 0.15) is 11.6 Å². The highest BCUT2D eigenvalue weighted by atomic mass is 15.2. The first-order valence-electron chi connectivity index (χ1n) is 8.42. The van der Waals surface area contributed by atoms with Gasteiger partial charge in [-0.05, 0) is 45.4 Å². The Morgan fingerprint density at radius 1 is 1.32 bits per heavy atom. The van der Waals surface area contributed by atoms with E-state index in [9.17, 15) is 0 Å². The minimum Gasteiger partial charge on any atom is -0.300 e. The molecule has 0 spiro atoms. The molecule has 0 N–H and O–H groups in total. The van der Waals surface area contributed by atoms with Gasteiger partial charge in [-0.2, -0.15) is 0 Å². The second-order valence-electron chi connectivity index (χ2n) is 6.42. The Labute approximate surface area is 133 Å². The van der Waals surface area contributed by atoms with Crippen LogP contribution in [0.2, 0.25) is 0 Å². The number of pyridine rings is 1. The third-order valence-corrected chi connectivity index (χ3v) is 4.64. The van der Waals surface area contributed by atoms with Crippen molar-refractivity contribution in [1.29, 1.82) is 0 Å². The van der Waals surface area contributed by atoms with Gasteiger partial charge in [0.05, 0.1) is 0 Å². The Balaban J connectivity index is 1.85. The molecule has 1 atom stereocenters. The summed E-state index contributed by atoms with van der Waals surface area (Å²) in [4.78, 5) is 11.9. The van der Waals surface area contributed by atoms with Crippen LogP contribution < -0.4 is 0 Å². The maximum Gasteiger partial charge on any atom is 0.138 e. The summed E-state index contributed by atoms with van der Waals surface area (Å²) in [7, 11) is 0. The summed E-state index contributed by atoms with van der Waals surface area (Å²) >= 11 is 0. The first-order chi connectivity index (χ1) is 10.7. The van der Waals surface area contributed by atoms with Crippen molar-refractivity contribution < 1.29 is 0 Å². The fourth-order valence-electron chi connectivity index (χ4n) is 3.32. The molecule has 0 aromatic carbocycles. The smallest absolute Gasteiger partial charge is 0.138 e. The molecule has 0 aliphatic carbocycles. The van der Waals surface area contributed by atoms with Gasteiger partial charge in [0.15, 0.2) is 0 Å². The molecule has 0 saturated carbocycles. The Morgan fingerprint density at radius 3 is 2.95 bits per heavy atom. The van der Waals surface area contributed by atoms with E-state index in [2.05, 4.69) is 53.4 Å². The second-order valence-corrected chi connectivity index (χ2v) is 6.42. The number of aryl methyl sites for hydroxylation is 1. The largest absolute Gasteiger partial charge is 0.300 e. The van der Waals surface area contributed by atoms with Crippen LogP contribution in [0.25, 0.3) is 5.82 Å². The van der Waals surface area contributed by atoms with Crippen molar-refractivity contribution in [2.24, 2.45) is 0 Å². The van der Waals surface area contributed by atoms with Crippen LogP contribution in [0, 0.1) is 0 Å². The lowest BCUT2D eigenvalue weighted by Crippen LogP contribution is -2.39. The molecular formula is C18H26N4. The lowest BCUT2D eigenvalue weighted by molar-refractivity contribution is 0.166. The number of hydrogen-bond donors (Lipinski definition) is 0. The molecule has 0 radical (unpaired) electrons. The van der Waals surface area contributed by atoms with Gasteiger partial charge in [0.25, 0.3) is 0 Å². The van der Waals surface area contributed by atoms with Gasteiger partial charge in [-0.25, -0.2) is 9.97 Å². The van der Waals surface area contributed by atoms with E-state index in [-0.39, 0.29) is 0 Å². The number of aromatic nitrogens is 3. The summed E-state index contributed by atoms with van der Waals surface area (Å²) in [5.74, 6) is 2.61. The molecule has 118 valence electrons. The predicted molar refractivity (Wildman–Crippen MR) is 89.4 cm³/mol. The molecule has 2 aromatic heterocycles. The molecule has 1 saturated heterocycles. The maximum atomic E-state index is 4.94. The van der Waals surface area contributed by atoms with Gasteiger partial charge in [-0.1, -0.05) is 13.0 Å². The van der Waals surface area contributed by atoms with E-state index in [0.29, 0.717) is 12.0 Å². The highest BCUT2D eigenvalue weighted by Crippen LogP contribution is 2.27. The molecule has 1 aliphatic heterocycles. The monoisotopic (exact) mass is 298 g/mol. The Morgan fingerprint density at radius 2 is 2.18 bits per heavy atom. The standard InChI is InChI=1S/C18H26N4/c1-4-17-19-10-12-22(17)18-9-5-8-16(20-18)15-7-6-11-21(13-15)14(2)3/h5,8-10,12,14-15H,4,6-7,11,13H2,1-3H3/t15-/m0/s1. The molecule has 4 nitrogen and oxygen atoms in total. The number of hydrogen-bond acceptors (Lipinski definition) is 3. The topological polar surface area (TPSA) is 34.0 Å². The molecule has 22 heavy (non-hydrogen) atoms. The molecule has 0 amide bonds. The first-order valence-corrected chi connectivity index (χ1v) is 8.42. The van der Waals surface area contributed by atoms with Crippen LogP contribution in [-0.2, 0) is 6.42 Å². The quantitative estimate of drug-likeness (QED) is 0.867. The van der Waals surface area contributed by atoms with E-state index >= 15 is 0 Å². The van der Waals surface area contributed by atoms with Crippen LogP contribution in [0.3, 0.4) is 0 Å². The average molecular weight is 298 g/mol. The number of imidazole rings is 1. The van der Waals surface area contributed by atoms with E-state index in [1.807, 2.05) is 12.4 Å². The molecule has 2 aromatic rings. The average Bonchev–Trinajstić information content (AvgIpc) is 3.04. The van der Waals surface area contributed by atoms with Crippen LogP contribution >= 0.6 is 0 Å². The summed E-state index contributed by atoms with van der Waals surface area (Å²) in [5.41, 5.74) is 1.22. The zero-order chi connectivity index (χ0) is 15.5. The summed E-state index contributed by atoms with van der Waals surface area (Å²) < 4.78 is 2.10. The summed E-state index contributed by atoms with van der Waals surface area (Å²) in [6, 6.07) is 7.01. The Bertz CT molecular complexity index is 617. The molecule has 3 rings (SSSR count). The van der Waals surface area contributed by atoms with Crippen molar-refractivity contribution in [3.05, 3.63) is 42.1 Å². The zero-order valence-electron chi connectivity index (χ0n) is 13.9. The molecule has 0 unspecified atom stereocenters. The van der Waals surface area contributed by atoms with Crippen LogP contribution in [-0.4, -0.2) is 38.6 Å². The lowest BCUT2D eigenvalue weighted by atomic mass is 9.93. The Hall–Kier alpha value is -1.68. The predicted octanol–water partition coefficient (Wildman–Crippen LogP) is 3.42. The van der Waals surface area contributed by atoms with Gasteiger partial charge in [-0.15, -0.1) is 0 Å². The van der Waals surface area contributed by atoms with Gasteiger partial charge >= 0.3 is 0 Å². The summed E-state index contributed by atoms with van der Waals surface area (Å²) in [6.07, 6.45) is 7.29. The van der Waals surface area contributed by atoms with Crippen molar-refractivity contribution in [3.8, 4) is 5.82 Å². The van der Waals surface area contributed by atoms with Crippen molar-refractivity contribution in [2.45, 2.75) is 52.0 Å². The van der Waals surface area contributed by atoms with E-state index in [0.717, 1.165) is 24.6 Å².